The lowest BCUT2D eigenvalue weighted by molar-refractivity contribution is 0.0640. The average molecular weight is 221 g/mol. The molecular weight excluding hydrogens is 202 g/mol. The van der Waals surface area contributed by atoms with Crippen LogP contribution in [0.4, 0.5) is 0 Å². The van der Waals surface area contributed by atoms with Crippen LogP contribution in [0.3, 0.4) is 0 Å². The minimum atomic E-state index is -3.25. The van der Waals surface area contributed by atoms with Crippen molar-refractivity contribution in [1.82, 2.24) is 4.31 Å². The highest BCUT2D eigenvalue weighted by atomic mass is 32.2. The van der Waals surface area contributed by atoms with Gasteiger partial charge < -0.3 is 5.11 Å². The Balaban J connectivity index is 4.36. The van der Waals surface area contributed by atoms with Crippen molar-refractivity contribution in [2.24, 2.45) is 0 Å². The van der Waals surface area contributed by atoms with Crippen LogP contribution in [0.15, 0.2) is 12.7 Å². The number of rotatable bonds is 6. The number of hydrogen-bond donors (Lipinski definition) is 1. The van der Waals surface area contributed by atoms with Gasteiger partial charge in [0.2, 0.25) is 10.0 Å². The highest BCUT2D eigenvalue weighted by molar-refractivity contribution is 7.89. The zero-order valence-electron chi connectivity index (χ0n) is 9.02. The van der Waals surface area contributed by atoms with Gasteiger partial charge >= 0.3 is 0 Å². The normalized spacial score (nSPS) is 13.2. The zero-order valence-corrected chi connectivity index (χ0v) is 9.84. The predicted octanol–water partition coefficient (Wildman–Crippen LogP) is 0.595. The van der Waals surface area contributed by atoms with Crippen molar-refractivity contribution in [3.8, 4) is 0 Å². The van der Waals surface area contributed by atoms with E-state index in [0.29, 0.717) is 6.42 Å². The second-order valence-electron chi connectivity index (χ2n) is 3.96. The van der Waals surface area contributed by atoms with E-state index in [4.69, 9.17) is 0 Å². The first kappa shape index (κ1) is 13.6. The Kier molecular flexibility index (Phi) is 4.77. The summed E-state index contributed by atoms with van der Waals surface area (Å²) in [7, 11) is -1.78. The van der Waals surface area contributed by atoms with Crippen LogP contribution in [-0.2, 0) is 10.0 Å². The second-order valence-corrected chi connectivity index (χ2v) is 6.16. The summed E-state index contributed by atoms with van der Waals surface area (Å²) in [5, 5.41) is 9.45. The van der Waals surface area contributed by atoms with E-state index in [1.165, 1.54) is 11.4 Å². The monoisotopic (exact) mass is 221 g/mol. The number of nitrogens with zero attached hydrogens (tertiary/aromatic N) is 1. The third-order valence-corrected chi connectivity index (χ3v) is 3.49. The van der Waals surface area contributed by atoms with E-state index in [-0.39, 0.29) is 12.3 Å². The number of sulfonamides is 1. The molecule has 84 valence electrons. The first-order chi connectivity index (χ1) is 6.19. The Labute approximate surface area is 86.3 Å². The van der Waals surface area contributed by atoms with Crippen LogP contribution in [0.25, 0.3) is 0 Å². The maximum atomic E-state index is 11.5. The van der Waals surface area contributed by atoms with Crippen molar-refractivity contribution in [3.05, 3.63) is 12.7 Å². The van der Waals surface area contributed by atoms with Crippen molar-refractivity contribution < 1.29 is 13.5 Å². The van der Waals surface area contributed by atoms with Crippen molar-refractivity contribution in [2.45, 2.75) is 25.9 Å². The SMILES string of the molecule is C=CCCS(=O)(=O)N(C)CC(C)(C)O. The molecule has 0 unspecified atom stereocenters. The molecular formula is C9H19NO3S. The first-order valence-corrected chi connectivity index (χ1v) is 6.07. The number of aliphatic hydroxyl groups is 1. The van der Waals surface area contributed by atoms with E-state index in [0.717, 1.165) is 0 Å². The lowest BCUT2D eigenvalue weighted by atomic mass is 10.1. The minimum Gasteiger partial charge on any atom is -0.389 e. The van der Waals surface area contributed by atoms with Crippen molar-refractivity contribution in [3.63, 3.8) is 0 Å². The fourth-order valence-electron chi connectivity index (χ4n) is 1.03. The average Bonchev–Trinajstić information content (AvgIpc) is 1.97. The van der Waals surface area contributed by atoms with Gasteiger partial charge in [-0.15, -0.1) is 6.58 Å². The fraction of sp³-hybridized carbons (Fsp3) is 0.778. The standard InChI is InChI=1S/C9H19NO3S/c1-5-6-7-14(12,13)10(4)8-9(2,3)11/h5,11H,1,6-8H2,2-4H3. The lowest BCUT2D eigenvalue weighted by Crippen LogP contribution is -2.40. The van der Waals surface area contributed by atoms with Crippen LogP contribution in [0.5, 0.6) is 0 Å². The van der Waals surface area contributed by atoms with E-state index >= 15 is 0 Å². The highest BCUT2D eigenvalue weighted by Gasteiger charge is 2.23. The molecule has 0 rings (SSSR count). The van der Waals surface area contributed by atoms with E-state index in [1.54, 1.807) is 19.9 Å². The van der Waals surface area contributed by atoms with Gasteiger partial charge in [0.05, 0.1) is 11.4 Å². The van der Waals surface area contributed by atoms with Gasteiger partial charge in [-0.3, -0.25) is 0 Å². The van der Waals surface area contributed by atoms with Gasteiger partial charge in [-0.1, -0.05) is 6.08 Å². The molecule has 0 aliphatic carbocycles. The summed E-state index contributed by atoms with van der Waals surface area (Å²) in [6.45, 7) is 6.72. The molecule has 0 aliphatic rings. The van der Waals surface area contributed by atoms with Gasteiger partial charge in [-0.25, -0.2) is 12.7 Å². The van der Waals surface area contributed by atoms with Crippen molar-refractivity contribution in [2.75, 3.05) is 19.3 Å². The minimum absolute atomic E-state index is 0.0447. The molecule has 0 amide bonds. The van der Waals surface area contributed by atoms with Gasteiger partial charge in [0, 0.05) is 13.6 Å². The number of likely N-dealkylation sites (N-methyl/N-ethyl adjacent to an activating group) is 1. The topological polar surface area (TPSA) is 57.6 Å². The molecule has 0 fully saturated rings. The van der Waals surface area contributed by atoms with Crippen molar-refractivity contribution >= 4 is 10.0 Å². The predicted molar refractivity (Wildman–Crippen MR) is 57.5 cm³/mol. The van der Waals surface area contributed by atoms with Gasteiger partial charge in [0.1, 0.15) is 0 Å². The molecule has 4 nitrogen and oxygen atoms in total. The Morgan fingerprint density at radius 2 is 2.00 bits per heavy atom. The second kappa shape index (κ2) is 4.91. The van der Waals surface area contributed by atoms with E-state index < -0.39 is 15.6 Å². The summed E-state index contributed by atoms with van der Waals surface area (Å²) < 4.78 is 24.2. The van der Waals surface area contributed by atoms with Crippen LogP contribution in [0, 0.1) is 0 Å². The molecule has 0 heterocycles. The smallest absolute Gasteiger partial charge is 0.214 e. The summed E-state index contributed by atoms with van der Waals surface area (Å²) in [4.78, 5) is 0. The molecule has 0 aromatic heterocycles. The summed E-state index contributed by atoms with van der Waals surface area (Å²) in [6.07, 6.45) is 1.99. The molecule has 0 aromatic rings. The van der Waals surface area contributed by atoms with Crippen LogP contribution < -0.4 is 0 Å². The largest absolute Gasteiger partial charge is 0.389 e. The molecule has 0 saturated carbocycles. The third-order valence-electron chi connectivity index (χ3n) is 1.66. The molecule has 0 radical (unpaired) electrons. The fourth-order valence-corrected chi connectivity index (χ4v) is 2.32. The van der Waals surface area contributed by atoms with Gasteiger partial charge in [0.25, 0.3) is 0 Å². The molecule has 0 saturated heterocycles. The summed E-state index contributed by atoms with van der Waals surface area (Å²) in [5.41, 5.74) is -1.00. The zero-order chi connectivity index (χ0) is 11.4. The number of hydrogen-bond acceptors (Lipinski definition) is 3. The van der Waals surface area contributed by atoms with E-state index in [2.05, 4.69) is 6.58 Å². The molecule has 0 spiro atoms. The van der Waals surface area contributed by atoms with Crippen molar-refractivity contribution in [1.29, 1.82) is 0 Å². The van der Waals surface area contributed by atoms with Gasteiger partial charge in [-0.2, -0.15) is 0 Å². The van der Waals surface area contributed by atoms with Gasteiger partial charge in [-0.05, 0) is 20.3 Å². The molecule has 5 heteroatoms. The van der Waals surface area contributed by atoms with Crippen LogP contribution >= 0.6 is 0 Å². The molecule has 14 heavy (non-hydrogen) atoms. The maximum Gasteiger partial charge on any atom is 0.214 e. The summed E-state index contributed by atoms with van der Waals surface area (Å²) in [6, 6.07) is 0. The molecule has 1 N–H and O–H groups in total. The summed E-state index contributed by atoms with van der Waals surface area (Å²) in [5.74, 6) is 0.0447. The first-order valence-electron chi connectivity index (χ1n) is 4.46. The summed E-state index contributed by atoms with van der Waals surface area (Å²) >= 11 is 0. The highest BCUT2D eigenvalue weighted by Crippen LogP contribution is 2.08. The quantitative estimate of drug-likeness (QED) is 0.668. The van der Waals surface area contributed by atoms with Crippen LogP contribution in [0.2, 0.25) is 0 Å². The molecule has 0 bridgehead atoms. The maximum absolute atomic E-state index is 11.5. The molecule has 0 aromatic carbocycles. The Morgan fingerprint density at radius 3 is 2.36 bits per heavy atom. The van der Waals surface area contributed by atoms with E-state index in [1.807, 2.05) is 0 Å². The molecule has 0 atom stereocenters. The van der Waals surface area contributed by atoms with Crippen LogP contribution in [0.1, 0.15) is 20.3 Å². The van der Waals surface area contributed by atoms with E-state index in [9.17, 15) is 13.5 Å². The van der Waals surface area contributed by atoms with Gasteiger partial charge in [0.15, 0.2) is 0 Å². The van der Waals surface area contributed by atoms with Crippen LogP contribution in [-0.4, -0.2) is 42.8 Å². The Morgan fingerprint density at radius 1 is 1.50 bits per heavy atom. The lowest BCUT2D eigenvalue weighted by Gasteiger charge is -2.24. The Bertz CT molecular complexity index is 277. The Hall–Kier alpha value is -0.390. The third kappa shape index (κ3) is 5.36. The molecule has 0 aliphatic heterocycles. The number of allylic oxidation sites excluding steroid dienone is 1.